The molecule has 0 heterocycles. The topological polar surface area (TPSA) is 21.3 Å². The highest BCUT2D eigenvalue weighted by atomic mass is 35.5. The summed E-state index contributed by atoms with van der Waals surface area (Å²) in [6.07, 6.45) is 0. The van der Waals surface area contributed by atoms with E-state index in [9.17, 15) is 8.78 Å². The van der Waals surface area contributed by atoms with Crippen molar-refractivity contribution < 1.29 is 13.5 Å². The molecule has 0 saturated heterocycles. The minimum atomic E-state index is -0.541. The summed E-state index contributed by atoms with van der Waals surface area (Å²) >= 11 is 5.69. The Morgan fingerprint density at radius 2 is 1.80 bits per heavy atom. The van der Waals surface area contributed by atoms with Gasteiger partial charge in [-0.1, -0.05) is 35.9 Å². The lowest BCUT2D eigenvalue weighted by Gasteiger charge is -2.13. The average Bonchev–Trinajstić information content (AvgIpc) is 2.43. The summed E-state index contributed by atoms with van der Waals surface area (Å²) in [5, 5.41) is 2.95. The van der Waals surface area contributed by atoms with Crippen LogP contribution in [0.4, 0.5) is 8.78 Å². The number of para-hydroxylation sites is 1. The van der Waals surface area contributed by atoms with Crippen LogP contribution in [0.3, 0.4) is 0 Å². The van der Waals surface area contributed by atoms with E-state index in [-0.39, 0.29) is 22.9 Å². The van der Waals surface area contributed by atoms with Gasteiger partial charge in [0, 0.05) is 17.7 Å². The van der Waals surface area contributed by atoms with Gasteiger partial charge in [0.1, 0.15) is 12.4 Å². The number of hydrogen-bond acceptors (Lipinski definition) is 2. The molecule has 0 aliphatic heterocycles. The number of nitrogens with one attached hydrogen (secondary N) is 1. The summed E-state index contributed by atoms with van der Waals surface area (Å²) < 4.78 is 32.9. The highest BCUT2D eigenvalue weighted by molar-refractivity contribution is 6.30. The van der Waals surface area contributed by atoms with E-state index >= 15 is 0 Å². The van der Waals surface area contributed by atoms with Crippen molar-refractivity contribution >= 4 is 11.6 Å². The maximum Gasteiger partial charge on any atom is 0.165 e. The zero-order valence-electron chi connectivity index (χ0n) is 10.9. The third kappa shape index (κ3) is 3.26. The van der Waals surface area contributed by atoms with Crippen LogP contribution in [0, 0.1) is 11.6 Å². The van der Waals surface area contributed by atoms with Gasteiger partial charge in [-0.25, -0.2) is 8.78 Å². The lowest BCUT2D eigenvalue weighted by molar-refractivity contribution is 0.281. The van der Waals surface area contributed by atoms with Crippen molar-refractivity contribution in [3.05, 3.63) is 64.2 Å². The van der Waals surface area contributed by atoms with Crippen molar-refractivity contribution in [3.63, 3.8) is 0 Å². The number of halogens is 3. The predicted octanol–water partition coefficient (Wildman–Crippen LogP) is 3.92. The zero-order valence-corrected chi connectivity index (χ0v) is 11.7. The molecule has 0 aliphatic carbocycles. The van der Waals surface area contributed by atoms with Crippen LogP contribution < -0.4 is 10.1 Å². The van der Waals surface area contributed by atoms with E-state index in [0.717, 1.165) is 0 Å². The molecule has 20 heavy (non-hydrogen) atoms. The van der Waals surface area contributed by atoms with Crippen molar-refractivity contribution in [3.8, 4) is 5.75 Å². The van der Waals surface area contributed by atoms with E-state index in [0.29, 0.717) is 12.1 Å². The van der Waals surface area contributed by atoms with Crippen molar-refractivity contribution in [1.82, 2.24) is 5.32 Å². The third-order valence-corrected chi connectivity index (χ3v) is 3.11. The van der Waals surface area contributed by atoms with E-state index in [2.05, 4.69) is 5.32 Å². The Labute approximate surface area is 121 Å². The molecule has 0 aromatic heterocycles. The highest BCUT2D eigenvalue weighted by Crippen LogP contribution is 2.25. The Morgan fingerprint density at radius 3 is 2.55 bits per heavy atom. The van der Waals surface area contributed by atoms with Gasteiger partial charge in [0.05, 0.1) is 5.02 Å². The van der Waals surface area contributed by atoms with Gasteiger partial charge in [0.15, 0.2) is 11.6 Å². The van der Waals surface area contributed by atoms with Crippen molar-refractivity contribution in [2.45, 2.75) is 13.2 Å². The first-order chi connectivity index (χ1) is 9.63. The molecule has 5 heteroatoms. The monoisotopic (exact) mass is 297 g/mol. The number of rotatable bonds is 5. The van der Waals surface area contributed by atoms with Gasteiger partial charge in [-0.3, -0.25) is 0 Å². The molecule has 2 rings (SSSR count). The molecule has 2 nitrogen and oxygen atoms in total. The van der Waals surface area contributed by atoms with Crippen LogP contribution in [0.5, 0.6) is 5.75 Å². The van der Waals surface area contributed by atoms with Crippen LogP contribution in [-0.2, 0) is 13.2 Å². The Bertz CT molecular complexity index is 604. The SMILES string of the molecule is CNCc1cccc(F)c1OCc1cccc(Cl)c1F. The summed E-state index contributed by atoms with van der Waals surface area (Å²) in [5.74, 6) is -0.887. The fourth-order valence-electron chi connectivity index (χ4n) is 1.85. The molecule has 0 amide bonds. The third-order valence-electron chi connectivity index (χ3n) is 2.82. The average molecular weight is 298 g/mol. The van der Waals surface area contributed by atoms with Crippen molar-refractivity contribution in [1.29, 1.82) is 0 Å². The molecular weight excluding hydrogens is 284 g/mol. The van der Waals surface area contributed by atoms with Crippen LogP contribution in [0.1, 0.15) is 11.1 Å². The maximum absolute atomic E-state index is 13.8. The molecule has 0 spiro atoms. The van der Waals surface area contributed by atoms with E-state index in [1.165, 1.54) is 12.1 Å². The summed E-state index contributed by atoms with van der Waals surface area (Å²) in [5.41, 5.74) is 0.964. The molecule has 2 aromatic carbocycles. The molecule has 0 bridgehead atoms. The Hall–Kier alpha value is -1.65. The number of ether oxygens (including phenoxy) is 1. The zero-order chi connectivity index (χ0) is 14.5. The fraction of sp³-hybridized carbons (Fsp3) is 0.200. The number of hydrogen-bond donors (Lipinski definition) is 1. The molecule has 0 fully saturated rings. The normalized spacial score (nSPS) is 10.6. The largest absolute Gasteiger partial charge is 0.485 e. The van der Waals surface area contributed by atoms with E-state index < -0.39 is 11.6 Å². The Balaban J connectivity index is 2.20. The molecule has 106 valence electrons. The second-order valence-corrected chi connectivity index (χ2v) is 4.67. The summed E-state index contributed by atoms with van der Waals surface area (Å²) in [7, 11) is 1.76. The molecule has 0 saturated carbocycles. The first-order valence-corrected chi connectivity index (χ1v) is 6.49. The first kappa shape index (κ1) is 14.8. The van der Waals surface area contributed by atoms with Crippen LogP contribution >= 0.6 is 11.6 Å². The van der Waals surface area contributed by atoms with E-state index in [4.69, 9.17) is 16.3 Å². The van der Waals surface area contributed by atoms with Crippen LogP contribution in [0.2, 0.25) is 5.02 Å². The van der Waals surface area contributed by atoms with E-state index in [1.54, 1.807) is 31.3 Å². The van der Waals surface area contributed by atoms with Gasteiger partial charge in [-0.2, -0.15) is 0 Å². The summed E-state index contributed by atoms with van der Waals surface area (Å²) in [6.45, 7) is 0.384. The van der Waals surface area contributed by atoms with Gasteiger partial charge in [0.25, 0.3) is 0 Å². The molecular formula is C15H14ClF2NO. The molecule has 0 unspecified atom stereocenters. The Morgan fingerprint density at radius 1 is 1.10 bits per heavy atom. The van der Waals surface area contributed by atoms with Crippen LogP contribution in [0.15, 0.2) is 36.4 Å². The standard InChI is InChI=1S/C15H14ClF2NO/c1-19-8-10-4-3-7-13(17)15(10)20-9-11-5-2-6-12(16)14(11)18/h2-7,19H,8-9H2,1H3. The number of benzene rings is 2. The predicted molar refractivity (Wildman–Crippen MR) is 74.9 cm³/mol. The lowest BCUT2D eigenvalue weighted by atomic mass is 10.2. The first-order valence-electron chi connectivity index (χ1n) is 6.11. The van der Waals surface area contributed by atoms with Gasteiger partial charge in [0.2, 0.25) is 0 Å². The van der Waals surface area contributed by atoms with Gasteiger partial charge in [-0.15, -0.1) is 0 Å². The Kier molecular flexibility index (Phi) is 4.93. The molecule has 2 aromatic rings. The second kappa shape index (κ2) is 6.68. The van der Waals surface area contributed by atoms with Gasteiger partial charge in [-0.05, 0) is 19.2 Å². The molecule has 0 radical (unpaired) electrons. The smallest absolute Gasteiger partial charge is 0.165 e. The van der Waals surface area contributed by atoms with Crippen molar-refractivity contribution in [2.75, 3.05) is 7.05 Å². The van der Waals surface area contributed by atoms with Crippen LogP contribution in [-0.4, -0.2) is 7.05 Å². The van der Waals surface area contributed by atoms with Gasteiger partial charge >= 0.3 is 0 Å². The summed E-state index contributed by atoms with van der Waals surface area (Å²) in [6, 6.07) is 9.30. The molecule has 0 aliphatic rings. The maximum atomic E-state index is 13.8. The minimum Gasteiger partial charge on any atom is -0.485 e. The second-order valence-electron chi connectivity index (χ2n) is 4.26. The van der Waals surface area contributed by atoms with Crippen molar-refractivity contribution in [2.24, 2.45) is 0 Å². The van der Waals surface area contributed by atoms with E-state index in [1.807, 2.05) is 0 Å². The van der Waals surface area contributed by atoms with Crippen LogP contribution in [0.25, 0.3) is 0 Å². The lowest BCUT2D eigenvalue weighted by Crippen LogP contribution is -2.09. The summed E-state index contributed by atoms with van der Waals surface area (Å²) in [4.78, 5) is 0. The quantitative estimate of drug-likeness (QED) is 0.903. The molecule has 0 atom stereocenters. The highest BCUT2D eigenvalue weighted by Gasteiger charge is 2.12. The minimum absolute atomic E-state index is 0.0232. The van der Waals surface area contributed by atoms with Gasteiger partial charge < -0.3 is 10.1 Å². The molecule has 1 N–H and O–H groups in total. The fourth-order valence-corrected chi connectivity index (χ4v) is 2.05.